The Hall–Kier alpha value is -3.40. The Morgan fingerprint density at radius 1 is 0.808 bits per heavy atom. The van der Waals surface area contributed by atoms with Crippen molar-refractivity contribution in [1.29, 1.82) is 0 Å². The maximum Gasteiger partial charge on any atom is 0.275 e. The van der Waals surface area contributed by atoms with Gasteiger partial charge in [0.15, 0.2) is 0 Å². The van der Waals surface area contributed by atoms with Gasteiger partial charge in [-0.2, -0.15) is 0 Å². The molecule has 1 aliphatic heterocycles. The van der Waals surface area contributed by atoms with E-state index in [1.807, 2.05) is 66.7 Å². The van der Waals surface area contributed by atoms with E-state index in [1.54, 1.807) is 17.0 Å². The Kier molecular flexibility index (Phi) is 4.23. The third-order valence-corrected chi connectivity index (χ3v) is 4.35. The van der Waals surface area contributed by atoms with Gasteiger partial charge in [-0.25, -0.2) is 4.39 Å². The summed E-state index contributed by atoms with van der Waals surface area (Å²) in [7, 11) is 0. The summed E-state index contributed by atoms with van der Waals surface area (Å²) < 4.78 is 13.3. The number of benzene rings is 3. The molecule has 26 heavy (non-hydrogen) atoms. The Balaban J connectivity index is 1.73. The molecule has 1 aliphatic rings. The standard InChI is InChI=1S/C22H17FN2O/c23-17-13-11-16(12-14-17)21-15-20(24-18-7-3-1-4-8-18)22(26)25(21)19-9-5-2-6-10-19/h1-15,21,24H/t21-/m1/s1. The summed E-state index contributed by atoms with van der Waals surface area (Å²) in [5, 5.41) is 3.20. The molecule has 0 fully saturated rings. The summed E-state index contributed by atoms with van der Waals surface area (Å²) in [6.07, 6.45) is 1.88. The molecule has 0 spiro atoms. The van der Waals surface area contributed by atoms with E-state index < -0.39 is 0 Å². The molecule has 4 heteroatoms. The topological polar surface area (TPSA) is 32.3 Å². The lowest BCUT2D eigenvalue weighted by atomic mass is 10.1. The van der Waals surface area contributed by atoms with Crippen LogP contribution in [0, 0.1) is 5.82 Å². The highest BCUT2D eigenvalue weighted by Crippen LogP contribution is 2.35. The van der Waals surface area contributed by atoms with Gasteiger partial charge in [0.05, 0.1) is 6.04 Å². The van der Waals surface area contributed by atoms with E-state index in [2.05, 4.69) is 5.32 Å². The zero-order valence-corrected chi connectivity index (χ0v) is 14.0. The largest absolute Gasteiger partial charge is 0.351 e. The number of halogens is 1. The minimum Gasteiger partial charge on any atom is -0.351 e. The number of nitrogens with one attached hydrogen (secondary N) is 1. The normalized spacial score (nSPS) is 16.5. The predicted molar refractivity (Wildman–Crippen MR) is 101 cm³/mol. The van der Waals surface area contributed by atoms with Gasteiger partial charge in [0.25, 0.3) is 5.91 Å². The highest BCUT2D eigenvalue weighted by Gasteiger charge is 2.34. The van der Waals surface area contributed by atoms with Gasteiger partial charge in [-0.15, -0.1) is 0 Å². The van der Waals surface area contributed by atoms with Crippen molar-refractivity contribution in [2.24, 2.45) is 0 Å². The third kappa shape index (κ3) is 3.09. The minimum absolute atomic E-state index is 0.116. The second-order valence-electron chi connectivity index (χ2n) is 6.08. The van der Waals surface area contributed by atoms with E-state index in [0.29, 0.717) is 5.70 Å². The number of amides is 1. The smallest absolute Gasteiger partial charge is 0.275 e. The van der Waals surface area contributed by atoms with Gasteiger partial charge >= 0.3 is 0 Å². The molecular weight excluding hydrogens is 327 g/mol. The number of hydrogen-bond acceptors (Lipinski definition) is 2. The molecule has 3 aromatic rings. The lowest BCUT2D eigenvalue weighted by Crippen LogP contribution is -2.30. The minimum atomic E-state index is -0.295. The van der Waals surface area contributed by atoms with Gasteiger partial charge in [0.2, 0.25) is 0 Å². The van der Waals surface area contributed by atoms with Crippen molar-refractivity contribution in [3.63, 3.8) is 0 Å². The van der Waals surface area contributed by atoms with E-state index in [-0.39, 0.29) is 17.8 Å². The first kappa shape index (κ1) is 16.1. The average molecular weight is 344 g/mol. The summed E-state index contributed by atoms with van der Waals surface area (Å²) >= 11 is 0. The van der Waals surface area contributed by atoms with Crippen LogP contribution in [-0.2, 0) is 4.79 Å². The molecule has 0 saturated heterocycles. The lowest BCUT2D eigenvalue weighted by Gasteiger charge is -2.25. The molecule has 4 rings (SSSR count). The van der Waals surface area contributed by atoms with E-state index in [9.17, 15) is 9.18 Å². The van der Waals surface area contributed by atoms with Crippen molar-refractivity contribution in [3.8, 4) is 0 Å². The first-order valence-corrected chi connectivity index (χ1v) is 8.40. The zero-order chi connectivity index (χ0) is 17.9. The zero-order valence-electron chi connectivity index (χ0n) is 14.0. The summed E-state index contributed by atoms with van der Waals surface area (Å²) in [5.41, 5.74) is 3.01. The molecule has 1 atom stereocenters. The average Bonchev–Trinajstić information content (AvgIpc) is 3.00. The monoisotopic (exact) mass is 344 g/mol. The van der Waals surface area contributed by atoms with E-state index >= 15 is 0 Å². The fourth-order valence-corrected chi connectivity index (χ4v) is 3.10. The predicted octanol–water partition coefficient (Wildman–Crippen LogP) is 4.91. The molecule has 3 aromatic carbocycles. The van der Waals surface area contributed by atoms with Crippen LogP contribution in [0.4, 0.5) is 15.8 Å². The van der Waals surface area contributed by atoms with Gasteiger partial charge in [-0.3, -0.25) is 9.69 Å². The number of rotatable bonds is 4. The van der Waals surface area contributed by atoms with Gasteiger partial charge in [0, 0.05) is 11.4 Å². The molecule has 1 heterocycles. The van der Waals surface area contributed by atoms with Crippen LogP contribution in [-0.4, -0.2) is 5.91 Å². The number of anilines is 2. The van der Waals surface area contributed by atoms with E-state index in [4.69, 9.17) is 0 Å². The molecule has 3 nitrogen and oxygen atoms in total. The third-order valence-electron chi connectivity index (χ3n) is 4.35. The number of hydrogen-bond donors (Lipinski definition) is 1. The van der Waals surface area contributed by atoms with Crippen molar-refractivity contribution >= 4 is 17.3 Å². The van der Waals surface area contributed by atoms with Crippen LogP contribution in [0.2, 0.25) is 0 Å². The van der Waals surface area contributed by atoms with Gasteiger partial charge in [-0.05, 0) is 48.0 Å². The number of para-hydroxylation sites is 2. The number of carbonyl (C=O) groups is 1. The molecule has 0 aliphatic carbocycles. The second-order valence-corrected chi connectivity index (χ2v) is 6.08. The quantitative estimate of drug-likeness (QED) is 0.729. The number of carbonyl (C=O) groups excluding carboxylic acids is 1. The van der Waals surface area contributed by atoms with Crippen LogP contribution in [0.25, 0.3) is 0 Å². The van der Waals surface area contributed by atoms with Crippen molar-refractivity contribution in [2.45, 2.75) is 6.04 Å². The fourth-order valence-electron chi connectivity index (χ4n) is 3.10. The lowest BCUT2D eigenvalue weighted by molar-refractivity contribution is -0.114. The highest BCUT2D eigenvalue weighted by atomic mass is 19.1. The molecule has 0 aromatic heterocycles. The Morgan fingerprint density at radius 3 is 2.08 bits per heavy atom. The SMILES string of the molecule is O=C1C(Nc2ccccc2)=C[C@H](c2ccc(F)cc2)N1c1ccccc1. The molecule has 1 N–H and O–H groups in total. The summed E-state index contributed by atoms with van der Waals surface area (Å²) in [4.78, 5) is 14.8. The molecular formula is C22H17FN2O. The summed E-state index contributed by atoms with van der Waals surface area (Å²) in [6, 6.07) is 25.0. The molecule has 0 saturated carbocycles. The summed E-state index contributed by atoms with van der Waals surface area (Å²) in [5.74, 6) is -0.412. The van der Waals surface area contributed by atoms with Crippen LogP contribution in [0.3, 0.4) is 0 Å². The van der Waals surface area contributed by atoms with E-state index in [0.717, 1.165) is 16.9 Å². The first-order valence-electron chi connectivity index (χ1n) is 8.40. The van der Waals surface area contributed by atoms with Crippen LogP contribution in [0.5, 0.6) is 0 Å². The van der Waals surface area contributed by atoms with Gasteiger partial charge in [-0.1, -0.05) is 48.5 Å². The second kappa shape index (κ2) is 6.84. The Labute approximate surface area is 151 Å². The van der Waals surface area contributed by atoms with Crippen molar-refractivity contribution in [1.82, 2.24) is 0 Å². The first-order chi connectivity index (χ1) is 12.7. The Morgan fingerprint density at radius 2 is 1.42 bits per heavy atom. The molecule has 128 valence electrons. The van der Waals surface area contributed by atoms with E-state index in [1.165, 1.54) is 12.1 Å². The van der Waals surface area contributed by atoms with Gasteiger partial charge in [0.1, 0.15) is 11.5 Å². The molecule has 1 amide bonds. The van der Waals surface area contributed by atoms with Gasteiger partial charge < -0.3 is 5.32 Å². The molecule has 0 bridgehead atoms. The van der Waals surface area contributed by atoms with Crippen LogP contribution >= 0.6 is 0 Å². The van der Waals surface area contributed by atoms with Crippen LogP contribution < -0.4 is 10.2 Å². The molecule has 0 radical (unpaired) electrons. The van der Waals surface area contributed by atoms with Crippen LogP contribution in [0.1, 0.15) is 11.6 Å². The Bertz CT molecular complexity index is 937. The molecule has 0 unspecified atom stereocenters. The highest BCUT2D eigenvalue weighted by molar-refractivity contribution is 6.11. The maximum absolute atomic E-state index is 13.3. The van der Waals surface area contributed by atoms with Crippen molar-refractivity contribution in [2.75, 3.05) is 10.2 Å². The maximum atomic E-state index is 13.3. The summed E-state index contributed by atoms with van der Waals surface area (Å²) in [6.45, 7) is 0. The van der Waals surface area contributed by atoms with Crippen molar-refractivity contribution in [3.05, 3.63) is 108 Å². The number of nitrogens with zero attached hydrogens (tertiary/aromatic N) is 1. The van der Waals surface area contributed by atoms with Crippen LogP contribution in [0.15, 0.2) is 96.7 Å². The fraction of sp³-hybridized carbons (Fsp3) is 0.0455. The van der Waals surface area contributed by atoms with Crippen molar-refractivity contribution < 1.29 is 9.18 Å².